The van der Waals surface area contributed by atoms with E-state index in [9.17, 15) is 0 Å². The molecule has 2 aromatic carbocycles. The molecule has 1 aliphatic rings. The quantitative estimate of drug-likeness (QED) is 0.654. The first-order chi connectivity index (χ1) is 13.5. The number of methoxy groups -OCH3 is 2. The van der Waals surface area contributed by atoms with Crippen LogP contribution in [0.15, 0.2) is 36.4 Å². The lowest BCUT2D eigenvalue weighted by Crippen LogP contribution is -2.28. The summed E-state index contributed by atoms with van der Waals surface area (Å²) in [5, 5.41) is 8.92. The third-order valence-corrected chi connectivity index (χ3v) is 5.40. The molecular formula is C19H19Cl2N5O2. The zero-order valence-corrected chi connectivity index (χ0v) is 16.8. The van der Waals surface area contributed by atoms with Gasteiger partial charge in [-0.2, -0.15) is 4.98 Å². The monoisotopic (exact) mass is 419 g/mol. The summed E-state index contributed by atoms with van der Waals surface area (Å²) in [6.45, 7) is 0. The molecule has 28 heavy (non-hydrogen) atoms. The molecule has 0 saturated carbocycles. The standard InChI is InChI=1S/C19H19Cl2N5O2/c1-27-16-6-3-10(7-17(16)28-2)15-9-14(12-5-4-11(20)8-13(12)21)23-19-24-18(22)25-26(15)19/h3-8,14-15H,9H2,1-2H3,(H3,22,23,24,25)/t14-,15+/m0/s1. The van der Waals surface area contributed by atoms with E-state index in [2.05, 4.69) is 15.4 Å². The van der Waals surface area contributed by atoms with Crippen molar-refractivity contribution >= 4 is 35.1 Å². The van der Waals surface area contributed by atoms with Crippen LogP contribution in [0.3, 0.4) is 0 Å². The van der Waals surface area contributed by atoms with Gasteiger partial charge in [-0.25, -0.2) is 4.68 Å². The summed E-state index contributed by atoms with van der Waals surface area (Å²) in [5.41, 5.74) is 7.80. The fourth-order valence-corrected chi connectivity index (χ4v) is 4.06. The first-order valence-electron chi connectivity index (χ1n) is 8.65. The lowest BCUT2D eigenvalue weighted by atomic mass is 9.93. The minimum absolute atomic E-state index is 0.0843. The number of anilines is 2. The second-order valence-electron chi connectivity index (χ2n) is 6.47. The van der Waals surface area contributed by atoms with Crippen molar-refractivity contribution in [3.05, 3.63) is 57.6 Å². The lowest BCUT2D eigenvalue weighted by molar-refractivity contribution is 0.352. The van der Waals surface area contributed by atoms with E-state index in [0.717, 1.165) is 11.1 Å². The summed E-state index contributed by atoms with van der Waals surface area (Å²) in [6.07, 6.45) is 0.687. The van der Waals surface area contributed by atoms with E-state index >= 15 is 0 Å². The zero-order valence-electron chi connectivity index (χ0n) is 15.3. The van der Waals surface area contributed by atoms with Gasteiger partial charge < -0.3 is 20.5 Å². The summed E-state index contributed by atoms with van der Waals surface area (Å²) in [5.74, 6) is 2.10. The average Bonchev–Trinajstić information content (AvgIpc) is 3.06. The van der Waals surface area contributed by atoms with Gasteiger partial charge in [-0.1, -0.05) is 35.3 Å². The van der Waals surface area contributed by atoms with Crippen LogP contribution in [0.1, 0.15) is 29.6 Å². The van der Waals surface area contributed by atoms with Gasteiger partial charge in [0.25, 0.3) is 0 Å². The number of hydrogen-bond acceptors (Lipinski definition) is 6. The van der Waals surface area contributed by atoms with Crippen molar-refractivity contribution in [1.29, 1.82) is 0 Å². The molecule has 4 rings (SSSR count). The predicted octanol–water partition coefficient (Wildman–Crippen LogP) is 4.33. The summed E-state index contributed by atoms with van der Waals surface area (Å²) < 4.78 is 12.6. The maximum absolute atomic E-state index is 6.45. The molecule has 3 aromatic rings. The molecule has 3 N–H and O–H groups in total. The molecule has 0 amide bonds. The predicted molar refractivity (Wildman–Crippen MR) is 110 cm³/mol. The SMILES string of the molecule is COc1ccc([C@H]2C[C@@H](c3ccc(Cl)cc3Cl)Nc3nc(N)nn32)cc1OC. The van der Waals surface area contributed by atoms with Crippen molar-refractivity contribution in [2.75, 3.05) is 25.3 Å². The second kappa shape index (κ2) is 7.41. The van der Waals surface area contributed by atoms with Gasteiger partial charge in [0.2, 0.25) is 11.9 Å². The van der Waals surface area contributed by atoms with Crippen LogP contribution in [0.4, 0.5) is 11.9 Å². The van der Waals surface area contributed by atoms with E-state index in [1.165, 1.54) is 0 Å². The maximum atomic E-state index is 6.45. The number of nitrogens with zero attached hydrogens (tertiary/aromatic N) is 3. The van der Waals surface area contributed by atoms with Gasteiger partial charge in [0.15, 0.2) is 11.5 Å². The molecule has 2 atom stereocenters. The van der Waals surface area contributed by atoms with Crippen LogP contribution < -0.4 is 20.5 Å². The smallest absolute Gasteiger partial charge is 0.241 e. The first kappa shape index (κ1) is 18.7. The van der Waals surface area contributed by atoms with Gasteiger partial charge in [-0.05, 0) is 41.8 Å². The Morgan fingerprint density at radius 1 is 1.11 bits per heavy atom. The van der Waals surface area contributed by atoms with Gasteiger partial charge in [-0.15, -0.1) is 5.10 Å². The van der Waals surface area contributed by atoms with Gasteiger partial charge in [0, 0.05) is 10.0 Å². The third kappa shape index (κ3) is 3.31. The van der Waals surface area contributed by atoms with E-state index in [-0.39, 0.29) is 18.0 Å². The van der Waals surface area contributed by atoms with Crippen LogP contribution in [0.25, 0.3) is 0 Å². The molecule has 0 bridgehead atoms. The lowest BCUT2D eigenvalue weighted by Gasteiger charge is -2.32. The summed E-state index contributed by atoms with van der Waals surface area (Å²) in [6, 6.07) is 11.1. The van der Waals surface area contributed by atoms with Crippen LogP contribution in [0, 0.1) is 0 Å². The Balaban J connectivity index is 1.77. The molecule has 0 radical (unpaired) electrons. The molecule has 7 nitrogen and oxygen atoms in total. The Morgan fingerprint density at radius 3 is 2.61 bits per heavy atom. The van der Waals surface area contributed by atoms with E-state index in [0.29, 0.717) is 33.9 Å². The number of hydrogen-bond donors (Lipinski definition) is 2. The molecule has 0 aliphatic carbocycles. The minimum Gasteiger partial charge on any atom is -0.493 e. The highest BCUT2D eigenvalue weighted by Gasteiger charge is 2.32. The number of nitrogens with two attached hydrogens (primary N) is 1. The van der Waals surface area contributed by atoms with Crippen LogP contribution in [0.2, 0.25) is 10.0 Å². The van der Waals surface area contributed by atoms with Gasteiger partial charge >= 0.3 is 0 Å². The van der Waals surface area contributed by atoms with Crippen LogP contribution in [-0.4, -0.2) is 29.0 Å². The largest absolute Gasteiger partial charge is 0.493 e. The van der Waals surface area contributed by atoms with Crippen molar-refractivity contribution < 1.29 is 9.47 Å². The molecule has 146 valence electrons. The number of nitrogens with one attached hydrogen (secondary N) is 1. The topological polar surface area (TPSA) is 87.2 Å². The number of halogens is 2. The average molecular weight is 420 g/mol. The Labute approximate surface area is 172 Å². The van der Waals surface area contributed by atoms with Crippen molar-refractivity contribution in [3.8, 4) is 11.5 Å². The molecule has 0 spiro atoms. The van der Waals surface area contributed by atoms with Crippen LogP contribution >= 0.6 is 23.2 Å². The van der Waals surface area contributed by atoms with E-state index in [4.69, 9.17) is 38.4 Å². The molecule has 0 unspecified atom stereocenters. The Morgan fingerprint density at radius 2 is 1.89 bits per heavy atom. The Kier molecular flexibility index (Phi) is 4.95. The highest BCUT2D eigenvalue weighted by Crippen LogP contribution is 2.42. The van der Waals surface area contributed by atoms with E-state index in [1.807, 2.05) is 30.3 Å². The van der Waals surface area contributed by atoms with E-state index < -0.39 is 0 Å². The molecule has 2 heterocycles. The number of rotatable bonds is 4. The molecule has 0 saturated heterocycles. The number of fused-ring (bicyclic) bond motifs is 1. The molecule has 0 fully saturated rings. The minimum atomic E-state index is -0.113. The fourth-order valence-electron chi connectivity index (χ4n) is 3.52. The Hall–Kier alpha value is -2.64. The third-order valence-electron chi connectivity index (χ3n) is 4.84. The van der Waals surface area contributed by atoms with Gasteiger partial charge in [-0.3, -0.25) is 0 Å². The van der Waals surface area contributed by atoms with Crippen molar-refractivity contribution in [2.45, 2.75) is 18.5 Å². The Bertz CT molecular complexity index is 1020. The summed E-state index contributed by atoms with van der Waals surface area (Å²) in [7, 11) is 3.22. The van der Waals surface area contributed by atoms with Crippen molar-refractivity contribution in [2.24, 2.45) is 0 Å². The van der Waals surface area contributed by atoms with Gasteiger partial charge in [0.05, 0.1) is 26.3 Å². The van der Waals surface area contributed by atoms with E-state index in [1.54, 1.807) is 25.0 Å². The fraction of sp³-hybridized carbons (Fsp3) is 0.263. The molecule has 1 aromatic heterocycles. The molecule has 9 heteroatoms. The number of nitrogen functional groups attached to an aromatic ring is 1. The number of aromatic nitrogens is 3. The van der Waals surface area contributed by atoms with Crippen LogP contribution in [-0.2, 0) is 0 Å². The number of ether oxygens (including phenoxy) is 2. The normalized spacial score (nSPS) is 18.3. The highest BCUT2D eigenvalue weighted by molar-refractivity contribution is 6.35. The second-order valence-corrected chi connectivity index (χ2v) is 7.31. The van der Waals surface area contributed by atoms with Crippen molar-refractivity contribution in [3.63, 3.8) is 0 Å². The van der Waals surface area contributed by atoms with Crippen LogP contribution in [0.5, 0.6) is 11.5 Å². The zero-order chi connectivity index (χ0) is 19.8. The summed E-state index contributed by atoms with van der Waals surface area (Å²) in [4.78, 5) is 4.32. The highest BCUT2D eigenvalue weighted by atomic mass is 35.5. The molecular weight excluding hydrogens is 401 g/mol. The molecule has 1 aliphatic heterocycles. The van der Waals surface area contributed by atoms with Gasteiger partial charge in [0.1, 0.15) is 0 Å². The number of benzene rings is 2. The van der Waals surface area contributed by atoms with Crippen molar-refractivity contribution in [1.82, 2.24) is 14.8 Å². The summed E-state index contributed by atoms with van der Waals surface area (Å²) >= 11 is 12.5. The maximum Gasteiger partial charge on any atom is 0.241 e. The first-order valence-corrected chi connectivity index (χ1v) is 9.41.